The van der Waals surface area contributed by atoms with Crippen molar-refractivity contribution < 1.29 is 13.9 Å². The van der Waals surface area contributed by atoms with Crippen LogP contribution in [-0.4, -0.2) is 30.1 Å². The third kappa shape index (κ3) is 6.10. The number of ether oxygens (including phenoxy) is 2. The Hall–Kier alpha value is -2.34. The molecule has 6 heteroatoms. The highest BCUT2D eigenvalue weighted by molar-refractivity contribution is 6.30. The fourth-order valence-corrected chi connectivity index (χ4v) is 2.95. The average Bonchev–Trinajstić information content (AvgIpc) is 3.19. The van der Waals surface area contributed by atoms with E-state index < -0.39 is 0 Å². The fraction of sp³-hybridized carbons (Fsp3) is 0.286. The van der Waals surface area contributed by atoms with Crippen LogP contribution in [0.25, 0.3) is 0 Å². The summed E-state index contributed by atoms with van der Waals surface area (Å²) in [5.41, 5.74) is 2.04. The number of pyridine rings is 1. The lowest BCUT2D eigenvalue weighted by atomic mass is 10.1. The van der Waals surface area contributed by atoms with E-state index in [0.29, 0.717) is 31.3 Å². The molecule has 0 spiro atoms. The van der Waals surface area contributed by atoms with Gasteiger partial charge in [0.25, 0.3) is 0 Å². The van der Waals surface area contributed by atoms with Crippen molar-refractivity contribution in [3.63, 3.8) is 0 Å². The van der Waals surface area contributed by atoms with E-state index in [0.717, 1.165) is 29.2 Å². The van der Waals surface area contributed by atoms with Crippen molar-refractivity contribution in [3.05, 3.63) is 83.0 Å². The molecule has 0 saturated heterocycles. The van der Waals surface area contributed by atoms with Gasteiger partial charge in [-0.15, -0.1) is 0 Å². The highest BCUT2D eigenvalue weighted by Gasteiger charge is 2.13. The molecule has 0 aliphatic heterocycles. The maximum absolute atomic E-state index is 6.24. The first-order chi connectivity index (χ1) is 13.2. The zero-order chi connectivity index (χ0) is 18.9. The molecule has 0 amide bonds. The zero-order valence-corrected chi connectivity index (χ0v) is 16.1. The summed E-state index contributed by atoms with van der Waals surface area (Å²) in [5.74, 6) is 1.72. The Labute approximate surface area is 164 Å². The lowest BCUT2D eigenvalue weighted by Gasteiger charge is -2.22. The summed E-state index contributed by atoms with van der Waals surface area (Å²) < 4.78 is 16.8. The van der Waals surface area contributed by atoms with E-state index in [2.05, 4.69) is 9.88 Å². The van der Waals surface area contributed by atoms with Crippen LogP contribution in [0.4, 0.5) is 0 Å². The van der Waals surface area contributed by atoms with Gasteiger partial charge in [0.1, 0.15) is 18.1 Å². The van der Waals surface area contributed by atoms with Crippen LogP contribution >= 0.6 is 11.6 Å². The van der Waals surface area contributed by atoms with E-state index in [4.69, 9.17) is 25.5 Å². The molecule has 0 fully saturated rings. The minimum absolute atomic E-state index is 0.457. The molecule has 0 bridgehead atoms. The molecule has 2 heterocycles. The molecular formula is C21H23ClN2O3. The van der Waals surface area contributed by atoms with Gasteiger partial charge in [-0.1, -0.05) is 17.7 Å². The molecule has 142 valence electrons. The fourth-order valence-electron chi connectivity index (χ4n) is 2.76. The van der Waals surface area contributed by atoms with Gasteiger partial charge in [0.2, 0.25) is 0 Å². The van der Waals surface area contributed by atoms with Gasteiger partial charge in [-0.3, -0.25) is 9.88 Å². The third-order valence-corrected chi connectivity index (χ3v) is 4.34. The number of rotatable bonds is 10. The summed E-state index contributed by atoms with van der Waals surface area (Å²) in [7, 11) is 1.70. The molecule has 0 unspecified atom stereocenters. The predicted octanol–water partition coefficient (Wildman–Crippen LogP) is 4.56. The largest absolute Gasteiger partial charge is 0.489 e. The van der Waals surface area contributed by atoms with Gasteiger partial charge in [-0.05, 0) is 36.4 Å². The van der Waals surface area contributed by atoms with Crippen LogP contribution in [-0.2, 0) is 24.4 Å². The maximum Gasteiger partial charge on any atom is 0.124 e. The lowest BCUT2D eigenvalue weighted by molar-refractivity contribution is 0.134. The Morgan fingerprint density at radius 3 is 2.81 bits per heavy atom. The first-order valence-corrected chi connectivity index (χ1v) is 9.16. The number of benzene rings is 1. The Bertz CT molecular complexity index is 810. The minimum Gasteiger partial charge on any atom is -0.489 e. The first-order valence-electron chi connectivity index (χ1n) is 8.78. The SMILES string of the molecule is COCCN(Cc1ccco1)Cc1cc(Cl)ccc1OCc1cccnc1. The van der Waals surface area contributed by atoms with Gasteiger partial charge in [-0.25, -0.2) is 0 Å². The van der Waals surface area contributed by atoms with Crippen molar-refractivity contribution in [3.8, 4) is 5.75 Å². The van der Waals surface area contributed by atoms with E-state index >= 15 is 0 Å². The van der Waals surface area contributed by atoms with E-state index in [-0.39, 0.29) is 0 Å². The van der Waals surface area contributed by atoms with Gasteiger partial charge in [0.15, 0.2) is 0 Å². The van der Waals surface area contributed by atoms with Crippen LogP contribution in [0.2, 0.25) is 5.02 Å². The second kappa shape index (κ2) is 10.1. The minimum atomic E-state index is 0.457. The monoisotopic (exact) mass is 386 g/mol. The van der Waals surface area contributed by atoms with Crippen molar-refractivity contribution >= 4 is 11.6 Å². The Morgan fingerprint density at radius 1 is 1.15 bits per heavy atom. The normalized spacial score (nSPS) is 11.1. The van der Waals surface area contributed by atoms with Crippen molar-refractivity contribution in [1.82, 2.24) is 9.88 Å². The van der Waals surface area contributed by atoms with E-state index in [1.54, 1.807) is 25.8 Å². The number of methoxy groups -OCH3 is 1. The molecular weight excluding hydrogens is 364 g/mol. The number of hydrogen-bond donors (Lipinski definition) is 0. The summed E-state index contributed by atoms with van der Waals surface area (Å²) in [5, 5.41) is 0.684. The predicted molar refractivity (Wildman–Crippen MR) is 105 cm³/mol. The van der Waals surface area contributed by atoms with Gasteiger partial charge >= 0.3 is 0 Å². The van der Waals surface area contributed by atoms with Gasteiger partial charge in [-0.2, -0.15) is 0 Å². The molecule has 27 heavy (non-hydrogen) atoms. The Kier molecular flexibility index (Phi) is 7.27. The van der Waals surface area contributed by atoms with Crippen LogP contribution in [0.3, 0.4) is 0 Å². The van der Waals surface area contributed by atoms with Gasteiger partial charge in [0.05, 0.1) is 19.4 Å². The molecule has 0 N–H and O–H groups in total. The molecule has 2 aromatic heterocycles. The Morgan fingerprint density at radius 2 is 2.07 bits per heavy atom. The molecule has 0 aliphatic carbocycles. The molecule has 0 saturated carbocycles. The van der Waals surface area contributed by atoms with Crippen molar-refractivity contribution in [2.45, 2.75) is 19.7 Å². The van der Waals surface area contributed by atoms with Gasteiger partial charge < -0.3 is 13.9 Å². The summed E-state index contributed by atoms with van der Waals surface area (Å²) in [6.07, 6.45) is 5.24. The molecule has 0 atom stereocenters. The summed E-state index contributed by atoms with van der Waals surface area (Å²) >= 11 is 6.24. The highest BCUT2D eigenvalue weighted by Crippen LogP contribution is 2.26. The first kappa shape index (κ1) is 19.4. The smallest absolute Gasteiger partial charge is 0.124 e. The molecule has 3 aromatic rings. The number of hydrogen-bond acceptors (Lipinski definition) is 5. The molecule has 5 nitrogen and oxygen atoms in total. The number of halogens is 1. The second-order valence-corrected chi connectivity index (χ2v) is 6.62. The van der Waals surface area contributed by atoms with Crippen LogP contribution in [0, 0.1) is 0 Å². The highest BCUT2D eigenvalue weighted by atomic mass is 35.5. The molecule has 3 rings (SSSR count). The second-order valence-electron chi connectivity index (χ2n) is 6.18. The van der Waals surface area contributed by atoms with Crippen molar-refractivity contribution in [1.29, 1.82) is 0 Å². The quantitative estimate of drug-likeness (QED) is 0.511. The van der Waals surface area contributed by atoms with E-state index in [1.165, 1.54) is 0 Å². The number of nitrogens with zero attached hydrogens (tertiary/aromatic N) is 2. The van der Waals surface area contributed by atoms with Crippen LogP contribution in [0.15, 0.2) is 65.5 Å². The standard InChI is InChI=1S/C21H23ClN2O3/c1-25-11-9-24(15-20-5-3-10-26-20)14-18-12-19(22)6-7-21(18)27-16-17-4-2-8-23-13-17/h2-8,10,12-13H,9,11,14-16H2,1H3. The Balaban J connectivity index is 1.73. The molecule has 1 aromatic carbocycles. The van der Waals surface area contributed by atoms with Crippen molar-refractivity contribution in [2.75, 3.05) is 20.3 Å². The lowest BCUT2D eigenvalue weighted by Crippen LogP contribution is -2.26. The van der Waals surface area contributed by atoms with Crippen LogP contribution in [0.1, 0.15) is 16.9 Å². The summed E-state index contributed by atoms with van der Waals surface area (Å²) in [6.45, 7) is 3.22. The van der Waals surface area contributed by atoms with E-state index in [9.17, 15) is 0 Å². The summed E-state index contributed by atoms with van der Waals surface area (Å²) in [4.78, 5) is 6.36. The number of furan rings is 1. The van der Waals surface area contributed by atoms with Crippen molar-refractivity contribution in [2.24, 2.45) is 0 Å². The van der Waals surface area contributed by atoms with Crippen LogP contribution < -0.4 is 4.74 Å². The number of aromatic nitrogens is 1. The zero-order valence-electron chi connectivity index (χ0n) is 15.3. The van der Waals surface area contributed by atoms with Crippen LogP contribution in [0.5, 0.6) is 5.75 Å². The van der Waals surface area contributed by atoms with E-state index in [1.807, 2.05) is 42.5 Å². The molecule has 0 radical (unpaired) electrons. The average molecular weight is 387 g/mol. The third-order valence-electron chi connectivity index (χ3n) is 4.10. The maximum atomic E-state index is 6.24. The topological polar surface area (TPSA) is 47.7 Å². The molecule has 0 aliphatic rings. The van der Waals surface area contributed by atoms with Gasteiger partial charge in [0, 0.05) is 48.7 Å². The summed E-state index contributed by atoms with van der Waals surface area (Å²) in [6, 6.07) is 13.5.